The second-order valence-electron chi connectivity index (χ2n) is 6.38. The van der Waals surface area contributed by atoms with Crippen molar-refractivity contribution in [3.63, 3.8) is 0 Å². The molecule has 1 atom stereocenters. The van der Waals surface area contributed by atoms with Crippen LogP contribution in [-0.2, 0) is 9.59 Å². The van der Waals surface area contributed by atoms with E-state index in [1.165, 1.54) is 6.92 Å². The maximum Gasteiger partial charge on any atom is 0.226 e. The van der Waals surface area contributed by atoms with E-state index in [9.17, 15) is 9.59 Å². The molecule has 0 saturated carbocycles. The Hall–Kier alpha value is -2.53. The van der Waals surface area contributed by atoms with Crippen molar-refractivity contribution in [2.24, 2.45) is 0 Å². The van der Waals surface area contributed by atoms with Gasteiger partial charge in [-0.3, -0.25) is 9.59 Å². The molecule has 0 aliphatic carbocycles. The highest BCUT2D eigenvalue weighted by Gasteiger charge is 2.18. The summed E-state index contributed by atoms with van der Waals surface area (Å²) in [6.07, 6.45) is 1.06. The first-order valence-electron chi connectivity index (χ1n) is 8.95. The first kappa shape index (κ1) is 20.8. The number of carbonyl (C=O) groups is 2. The first-order valence-corrected chi connectivity index (χ1v) is 9.32. The number of hydrogen-bond acceptors (Lipinski definition) is 3. The molecule has 2 N–H and O–H groups in total. The van der Waals surface area contributed by atoms with Crippen LogP contribution in [0.25, 0.3) is 0 Å². The average molecular weight is 389 g/mol. The summed E-state index contributed by atoms with van der Waals surface area (Å²) in [6, 6.07) is 12.2. The van der Waals surface area contributed by atoms with Gasteiger partial charge in [0.2, 0.25) is 11.8 Å². The molecule has 144 valence electrons. The van der Waals surface area contributed by atoms with E-state index < -0.39 is 6.04 Å². The monoisotopic (exact) mass is 388 g/mol. The summed E-state index contributed by atoms with van der Waals surface area (Å²) in [7, 11) is 0. The van der Waals surface area contributed by atoms with Crippen molar-refractivity contribution in [1.82, 2.24) is 5.32 Å². The summed E-state index contributed by atoms with van der Waals surface area (Å²) >= 11 is 5.92. The number of nitrogens with one attached hydrogen (secondary N) is 2. The molecule has 0 spiro atoms. The summed E-state index contributed by atoms with van der Waals surface area (Å²) in [5, 5.41) is 6.33. The van der Waals surface area contributed by atoms with Gasteiger partial charge in [-0.15, -0.1) is 0 Å². The van der Waals surface area contributed by atoms with Crippen LogP contribution in [0.2, 0.25) is 5.02 Å². The van der Waals surface area contributed by atoms with Crippen LogP contribution in [0.15, 0.2) is 42.5 Å². The fourth-order valence-electron chi connectivity index (χ4n) is 2.67. The number of amides is 2. The Morgan fingerprint density at radius 3 is 2.44 bits per heavy atom. The zero-order valence-electron chi connectivity index (χ0n) is 15.8. The molecule has 0 fully saturated rings. The normalized spacial score (nSPS) is 11.6. The summed E-state index contributed by atoms with van der Waals surface area (Å²) < 4.78 is 5.60. The SMILES string of the molecule is CCCOc1ccc(NC(=O)C[C@H](NC(C)=O)c2ccc(Cl)cc2)c(C)c1. The second kappa shape index (κ2) is 9.97. The molecule has 6 heteroatoms. The Morgan fingerprint density at radius 1 is 1.15 bits per heavy atom. The second-order valence-corrected chi connectivity index (χ2v) is 6.82. The van der Waals surface area contributed by atoms with Gasteiger partial charge >= 0.3 is 0 Å². The fraction of sp³-hybridized carbons (Fsp3) is 0.333. The van der Waals surface area contributed by atoms with E-state index in [4.69, 9.17) is 16.3 Å². The molecule has 0 unspecified atom stereocenters. The van der Waals surface area contributed by atoms with E-state index in [-0.39, 0.29) is 18.2 Å². The van der Waals surface area contributed by atoms with Crippen LogP contribution in [0, 0.1) is 6.92 Å². The number of halogens is 1. The van der Waals surface area contributed by atoms with E-state index in [2.05, 4.69) is 10.6 Å². The Kier molecular flexibility index (Phi) is 7.67. The average Bonchev–Trinajstić information content (AvgIpc) is 2.61. The van der Waals surface area contributed by atoms with Gasteiger partial charge in [0.25, 0.3) is 0 Å². The molecule has 0 saturated heterocycles. The van der Waals surface area contributed by atoms with Gasteiger partial charge in [0.1, 0.15) is 5.75 Å². The molecular weight excluding hydrogens is 364 g/mol. The molecule has 0 aliphatic heterocycles. The van der Waals surface area contributed by atoms with Crippen molar-refractivity contribution in [2.75, 3.05) is 11.9 Å². The fourth-order valence-corrected chi connectivity index (χ4v) is 2.79. The van der Waals surface area contributed by atoms with Crippen molar-refractivity contribution in [2.45, 2.75) is 39.7 Å². The summed E-state index contributed by atoms with van der Waals surface area (Å²) in [4.78, 5) is 24.1. The van der Waals surface area contributed by atoms with Crippen molar-refractivity contribution in [3.05, 3.63) is 58.6 Å². The lowest BCUT2D eigenvalue weighted by atomic mass is 10.0. The minimum atomic E-state index is -0.424. The van der Waals surface area contributed by atoms with E-state index in [1.807, 2.05) is 32.0 Å². The lowest BCUT2D eigenvalue weighted by Gasteiger charge is -2.19. The van der Waals surface area contributed by atoms with Crippen molar-refractivity contribution in [1.29, 1.82) is 0 Å². The van der Waals surface area contributed by atoms with Gasteiger partial charge in [-0.2, -0.15) is 0 Å². The van der Waals surface area contributed by atoms with Crippen LogP contribution in [0.5, 0.6) is 5.75 Å². The van der Waals surface area contributed by atoms with Crippen LogP contribution < -0.4 is 15.4 Å². The van der Waals surface area contributed by atoms with Gasteiger partial charge in [-0.1, -0.05) is 30.7 Å². The van der Waals surface area contributed by atoms with Crippen LogP contribution in [-0.4, -0.2) is 18.4 Å². The first-order chi connectivity index (χ1) is 12.9. The third-order valence-electron chi connectivity index (χ3n) is 3.98. The molecule has 2 aromatic carbocycles. The number of aryl methyl sites for hydroxylation is 1. The molecule has 2 amide bonds. The minimum absolute atomic E-state index is 0.120. The topological polar surface area (TPSA) is 67.4 Å². The van der Waals surface area contributed by atoms with Crippen molar-refractivity contribution in [3.8, 4) is 5.75 Å². The number of carbonyl (C=O) groups excluding carboxylic acids is 2. The quantitative estimate of drug-likeness (QED) is 0.692. The molecule has 5 nitrogen and oxygen atoms in total. The number of ether oxygens (including phenoxy) is 1. The molecule has 0 bridgehead atoms. The molecule has 0 aromatic heterocycles. The standard InChI is InChI=1S/C21H25ClN2O3/c1-4-11-27-18-9-10-19(14(2)12-18)24-21(26)13-20(23-15(3)25)16-5-7-17(22)8-6-16/h5-10,12,20H,4,11,13H2,1-3H3,(H,23,25)(H,24,26)/t20-/m0/s1. The van der Waals surface area contributed by atoms with Crippen LogP contribution in [0.1, 0.15) is 43.9 Å². The zero-order valence-corrected chi connectivity index (χ0v) is 16.6. The lowest BCUT2D eigenvalue weighted by Crippen LogP contribution is -2.29. The number of anilines is 1. The van der Waals surface area contributed by atoms with Gasteiger partial charge in [0.05, 0.1) is 19.1 Å². The predicted molar refractivity (Wildman–Crippen MR) is 108 cm³/mol. The van der Waals surface area contributed by atoms with Gasteiger partial charge in [-0.05, 0) is 54.8 Å². The maximum atomic E-state index is 12.5. The zero-order chi connectivity index (χ0) is 19.8. The molecule has 2 aromatic rings. The van der Waals surface area contributed by atoms with Gasteiger partial charge in [0.15, 0.2) is 0 Å². The summed E-state index contributed by atoms with van der Waals surface area (Å²) in [6.45, 7) is 6.05. The van der Waals surface area contributed by atoms with E-state index in [0.29, 0.717) is 11.6 Å². The van der Waals surface area contributed by atoms with Gasteiger partial charge < -0.3 is 15.4 Å². The van der Waals surface area contributed by atoms with E-state index >= 15 is 0 Å². The van der Waals surface area contributed by atoms with E-state index in [1.54, 1.807) is 24.3 Å². The van der Waals surface area contributed by atoms with Crippen LogP contribution in [0.4, 0.5) is 5.69 Å². The van der Waals surface area contributed by atoms with E-state index in [0.717, 1.165) is 29.0 Å². The molecule has 0 radical (unpaired) electrons. The van der Waals surface area contributed by atoms with Crippen molar-refractivity contribution < 1.29 is 14.3 Å². The minimum Gasteiger partial charge on any atom is -0.494 e. The molecule has 27 heavy (non-hydrogen) atoms. The largest absolute Gasteiger partial charge is 0.494 e. The highest BCUT2D eigenvalue weighted by molar-refractivity contribution is 6.30. The molecule has 0 aliphatic rings. The molecule has 0 heterocycles. The molecular formula is C21H25ClN2O3. The summed E-state index contributed by atoms with van der Waals surface area (Å²) in [5.41, 5.74) is 2.46. The highest BCUT2D eigenvalue weighted by atomic mass is 35.5. The Morgan fingerprint density at radius 2 is 1.85 bits per heavy atom. The van der Waals surface area contributed by atoms with Crippen LogP contribution >= 0.6 is 11.6 Å². The summed E-state index contributed by atoms with van der Waals surface area (Å²) in [5.74, 6) is 0.398. The van der Waals surface area contributed by atoms with Gasteiger partial charge in [-0.25, -0.2) is 0 Å². The predicted octanol–water partition coefficient (Wildman–Crippen LogP) is 4.64. The Bertz CT molecular complexity index is 791. The highest BCUT2D eigenvalue weighted by Crippen LogP contribution is 2.24. The number of rotatable bonds is 8. The maximum absolute atomic E-state index is 12.5. The number of hydrogen-bond donors (Lipinski definition) is 2. The smallest absolute Gasteiger partial charge is 0.226 e. The Labute approximate surface area is 165 Å². The number of benzene rings is 2. The third kappa shape index (κ3) is 6.61. The van der Waals surface area contributed by atoms with Crippen molar-refractivity contribution >= 4 is 29.1 Å². The van der Waals surface area contributed by atoms with Gasteiger partial charge in [0, 0.05) is 17.6 Å². The molecule has 2 rings (SSSR count). The Balaban J connectivity index is 2.06. The lowest BCUT2D eigenvalue weighted by molar-refractivity contribution is -0.120. The third-order valence-corrected chi connectivity index (χ3v) is 4.24. The van der Waals surface area contributed by atoms with Crippen LogP contribution in [0.3, 0.4) is 0 Å².